The number of hydrogen-bond donors (Lipinski definition) is 1. The fourth-order valence-electron chi connectivity index (χ4n) is 2.93. The molecule has 2 aromatic carbocycles. The Labute approximate surface area is 147 Å². The minimum atomic E-state index is -0.117. The summed E-state index contributed by atoms with van der Waals surface area (Å²) in [5.41, 5.74) is 2.98. The van der Waals surface area contributed by atoms with Crippen LogP contribution in [0.3, 0.4) is 0 Å². The minimum absolute atomic E-state index is 0.0963. The summed E-state index contributed by atoms with van der Waals surface area (Å²) in [6.07, 6.45) is 0.943. The predicted octanol–water partition coefficient (Wildman–Crippen LogP) is 3.31. The van der Waals surface area contributed by atoms with Crippen molar-refractivity contribution < 1.29 is 9.53 Å². The Morgan fingerprint density at radius 3 is 2.88 bits per heavy atom. The molecule has 0 aromatic heterocycles. The number of rotatable bonds is 5. The van der Waals surface area contributed by atoms with Crippen molar-refractivity contribution in [3.63, 3.8) is 0 Å². The summed E-state index contributed by atoms with van der Waals surface area (Å²) < 4.78 is 5.57. The number of halogens is 1. The molecule has 4 nitrogen and oxygen atoms in total. The number of likely N-dealkylation sites (N-methyl/N-ethyl adjacent to an activating group) is 1. The van der Waals surface area contributed by atoms with E-state index in [1.54, 1.807) is 24.3 Å². The summed E-state index contributed by atoms with van der Waals surface area (Å²) in [6.45, 7) is 1.27. The van der Waals surface area contributed by atoms with E-state index in [4.69, 9.17) is 16.3 Å². The number of carbonyl (C=O) groups is 1. The quantitative estimate of drug-likeness (QED) is 0.904. The first kappa shape index (κ1) is 16.8. The molecule has 0 bridgehead atoms. The van der Waals surface area contributed by atoms with Gasteiger partial charge < -0.3 is 15.0 Å². The van der Waals surface area contributed by atoms with Gasteiger partial charge in [0.25, 0.3) is 5.91 Å². The lowest BCUT2D eigenvalue weighted by Gasteiger charge is -2.25. The molecule has 3 rings (SSSR count). The second-order valence-corrected chi connectivity index (χ2v) is 6.60. The molecule has 126 valence electrons. The van der Waals surface area contributed by atoms with E-state index >= 15 is 0 Å². The molecule has 1 aliphatic rings. The van der Waals surface area contributed by atoms with Gasteiger partial charge in [-0.2, -0.15) is 0 Å². The zero-order valence-electron chi connectivity index (χ0n) is 13.9. The average Bonchev–Trinajstić information content (AvgIpc) is 3.02. The standard InChI is InChI=1S/C19H21ClN2O2/c1-22(2)17(13-6-7-18-14(10-13)8-9-24-18)12-21-19(23)15-4-3-5-16(20)11-15/h3-7,10-11,17H,8-9,12H2,1-2H3,(H,21,23). The van der Waals surface area contributed by atoms with E-state index in [-0.39, 0.29) is 11.9 Å². The Morgan fingerprint density at radius 2 is 2.12 bits per heavy atom. The maximum absolute atomic E-state index is 12.3. The van der Waals surface area contributed by atoms with E-state index in [2.05, 4.69) is 22.3 Å². The normalized spacial score (nSPS) is 14.2. The molecular formula is C19H21ClN2O2. The largest absolute Gasteiger partial charge is 0.493 e. The first-order chi connectivity index (χ1) is 11.5. The van der Waals surface area contributed by atoms with Gasteiger partial charge in [-0.05, 0) is 49.5 Å². The summed E-state index contributed by atoms with van der Waals surface area (Å²) in [5, 5.41) is 3.56. The maximum Gasteiger partial charge on any atom is 0.251 e. The minimum Gasteiger partial charge on any atom is -0.493 e. The van der Waals surface area contributed by atoms with Crippen LogP contribution in [0, 0.1) is 0 Å². The van der Waals surface area contributed by atoms with Crippen molar-refractivity contribution in [2.75, 3.05) is 27.2 Å². The number of hydrogen-bond acceptors (Lipinski definition) is 3. The third kappa shape index (κ3) is 3.71. The van der Waals surface area contributed by atoms with Crippen molar-refractivity contribution in [3.8, 4) is 5.75 Å². The topological polar surface area (TPSA) is 41.6 Å². The highest BCUT2D eigenvalue weighted by Gasteiger charge is 2.19. The summed E-state index contributed by atoms with van der Waals surface area (Å²) in [7, 11) is 4.03. The molecule has 1 heterocycles. The molecule has 1 amide bonds. The number of ether oxygens (including phenoxy) is 1. The molecule has 0 spiro atoms. The summed E-state index contributed by atoms with van der Waals surface area (Å²) in [5.74, 6) is 0.855. The van der Waals surface area contributed by atoms with Crippen LogP contribution in [-0.4, -0.2) is 38.1 Å². The number of nitrogens with zero attached hydrogens (tertiary/aromatic N) is 1. The lowest BCUT2D eigenvalue weighted by Crippen LogP contribution is -2.34. The molecule has 2 aromatic rings. The number of carbonyl (C=O) groups excluding carboxylic acids is 1. The van der Waals surface area contributed by atoms with Crippen LogP contribution in [0.2, 0.25) is 5.02 Å². The number of nitrogens with one attached hydrogen (secondary N) is 1. The van der Waals surface area contributed by atoms with Crippen molar-refractivity contribution >= 4 is 17.5 Å². The molecule has 0 aliphatic carbocycles. The molecule has 0 radical (unpaired) electrons. The molecule has 1 unspecified atom stereocenters. The summed E-state index contributed by atoms with van der Waals surface area (Å²) >= 11 is 5.95. The van der Waals surface area contributed by atoms with Crippen molar-refractivity contribution in [2.45, 2.75) is 12.5 Å². The van der Waals surface area contributed by atoms with Gasteiger partial charge >= 0.3 is 0 Å². The Kier molecular flexibility index (Phi) is 5.07. The van der Waals surface area contributed by atoms with Gasteiger partial charge in [-0.1, -0.05) is 29.8 Å². The number of fused-ring (bicyclic) bond motifs is 1. The molecule has 0 fully saturated rings. The lowest BCUT2D eigenvalue weighted by atomic mass is 10.0. The highest BCUT2D eigenvalue weighted by atomic mass is 35.5. The SMILES string of the molecule is CN(C)C(CNC(=O)c1cccc(Cl)c1)c1ccc2c(c1)CCO2. The highest BCUT2D eigenvalue weighted by Crippen LogP contribution is 2.29. The maximum atomic E-state index is 12.3. The third-order valence-electron chi connectivity index (χ3n) is 4.26. The van der Waals surface area contributed by atoms with Crippen LogP contribution < -0.4 is 10.1 Å². The van der Waals surface area contributed by atoms with E-state index in [0.29, 0.717) is 17.1 Å². The van der Waals surface area contributed by atoms with Gasteiger partial charge in [0.15, 0.2) is 0 Å². The molecule has 1 atom stereocenters. The zero-order chi connectivity index (χ0) is 17.1. The van der Waals surface area contributed by atoms with Gasteiger partial charge in [-0.3, -0.25) is 4.79 Å². The van der Waals surface area contributed by atoms with Crippen LogP contribution in [0.5, 0.6) is 5.75 Å². The second kappa shape index (κ2) is 7.24. The number of amides is 1. The van der Waals surface area contributed by atoms with Crippen LogP contribution >= 0.6 is 11.6 Å². The smallest absolute Gasteiger partial charge is 0.251 e. The van der Waals surface area contributed by atoms with E-state index in [0.717, 1.165) is 18.8 Å². The van der Waals surface area contributed by atoms with Crippen molar-refractivity contribution in [1.29, 1.82) is 0 Å². The molecule has 0 saturated carbocycles. The van der Waals surface area contributed by atoms with Crippen LogP contribution in [0.25, 0.3) is 0 Å². The van der Waals surface area contributed by atoms with Crippen LogP contribution in [0.4, 0.5) is 0 Å². The Bertz CT molecular complexity index is 746. The van der Waals surface area contributed by atoms with Gasteiger partial charge in [0.05, 0.1) is 12.6 Å². The number of benzene rings is 2. The average molecular weight is 345 g/mol. The summed E-state index contributed by atoms with van der Waals surface area (Å²) in [6, 6.07) is 13.3. The fraction of sp³-hybridized carbons (Fsp3) is 0.316. The first-order valence-electron chi connectivity index (χ1n) is 8.00. The van der Waals surface area contributed by atoms with Crippen LogP contribution in [0.15, 0.2) is 42.5 Å². The molecule has 0 saturated heterocycles. The molecule has 1 N–H and O–H groups in total. The molecule has 24 heavy (non-hydrogen) atoms. The van der Waals surface area contributed by atoms with Gasteiger partial charge in [-0.15, -0.1) is 0 Å². The van der Waals surface area contributed by atoms with Crippen molar-refractivity contribution in [3.05, 3.63) is 64.2 Å². The van der Waals surface area contributed by atoms with E-state index in [9.17, 15) is 4.79 Å². The molecular weight excluding hydrogens is 324 g/mol. The highest BCUT2D eigenvalue weighted by molar-refractivity contribution is 6.30. The van der Waals surface area contributed by atoms with Crippen molar-refractivity contribution in [1.82, 2.24) is 10.2 Å². The van der Waals surface area contributed by atoms with Crippen LogP contribution in [0.1, 0.15) is 27.5 Å². The first-order valence-corrected chi connectivity index (χ1v) is 8.38. The van der Waals surface area contributed by atoms with Gasteiger partial charge in [-0.25, -0.2) is 0 Å². The molecule has 5 heteroatoms. The predicted molar refractivity (Wildman–Crippen MR) is 95.9 cm³/mol. The van der Waals surface area contributed by atoms with Gasteiger partial charge in [0.2, 0.25) is 0 Å². The van der Waals surface area contributed by atoms with Crippen molar-refractivity contribution in [2.24, 2.45) is 0 Å². The second-order valence-electron chi connectivity index (χ2n) is 6.17. The Morgan fingerprint density at radius 1 is 1.29 bits per heavy atom. The van der Waals surface area contributed by atoms with Gasteiger partial charge in [0.1, 0.15) is 5.75 Å². The Hall–Kier alpha value is -2.04. The third-order valence-corrected chi connectivity index (χ3v) is 4.50. The van der Waals surface area contributed by atoms with Gasteiger partial charge in [0, 0.05) is 23.6 Å². The van der Waals surface area contributed by atoms with E-state index in [1.165, 1.54) is 11.1 Å². The van der Waals surface area contributed by atoms with E-state index in [1.807, 2.05) is 20.2 Å². The molecule has 1 aliphatic heterocycles. The fourth-order valence-corrected chi connectivity index (χ4v) is 3.12. The Balaban J connectivity index is 1.72. The van der Waals surface area contributed by atoms with Crippen LogP contribution in [-0.2, 0) is 6.42 Å². The van der Waals surface area contributed by atoms with E-state index < -0.39 is 0 Å². The zero-order valence-corrected chi connectivity index (χ0v) is 14.6. The summed E-state index contributed by atoms with van der Waals surface area (Å²) in [4.78, 5) is 14.4. The lowest BCUT2D eigenvalue weighted by molar-refractivity contribution is 0.0942. The monoisotopic (exact) mass is 344 g/mol.